The number of unbranched alkanes of at least 4 members (excludes halogenated alkanes) is 31. The summed E-state index contributed by atoms with van der Waals surface area (Å²) in [6, 6.07) is 0. The van der Waals surface area contributed by atoms with Crippen molar-refractivity contribution in [2.75, 3.05) is 13.2 Å². The van der Waals surface area contributed by atoms with E-state index < -0.39 is 6.10 Å². The first-order chi connectivity index (χ1) is 39.0. The van der Waals surface area contributed by atoms with Gasteiger partial charge in [-0.2, -0.15) is 0 Å². The van der Waals surface area contributed by atoms with Crippen molar-refractivity contribution in [3.8, 4) is 0 Å². The van der Waals surface area contributed by atoms with Gasteiger partial charge in [0.1, 0.15) is 13.2 Å². The van der Waals surface area contributed by atoms with Crippen molar-refractivity contribution < 1.29 is 28.6 Å². The molecule has 0 rings (SSSR count). The van der Waals surface area contributed by atoms with E-state index in [0.717, 1.165) is 122 Å². The van der Waals surface area contributed by atoms with Gasteiger partial charge in [-0.05, 0) is 89.9 Å². The molecule has 0 amide bonds. The molecule has 0 bridgehead atoms. The van der Waals surface area contributed by atoms with Crippen molar-refractivity contribution in [3.05, 3.63) is 109 Å². The molecular formula is C73H124O6. The normalized spacial score (nSPS) is 12.8. The molecule has 79 heavy (non-hydrogen) atoms. The first-order valence-corrected chi connectivity index (χ1v) is 33.4. The number of rotatable bonds is 60. The number of esters is 3. The van der Waals surface area contributed by atoms with Gasteiger partial charge >= 0.3 is 17.9 Å². The SMILES string of the molecule is CC/C=C\C/C=C\C/C=C\C/C=C\C/C=C\C/C=C\C/C=C\C/C=C\C/C=C\CCCCCC(=O)OCC(COC(=O)CCCCCCCCCCCCCCCCC)OC(=O)CCCCCCCCCCCCCCCCC. The van der Waals surface area contributed by atoms with Gasteiger partial charge in [0.2, 0.25) is 0 Å². The summed E-state index contributed by atoms with van der Waals surface area (Å²) in [6.07, 6.45) is 91.0. The smallest absolute Gasteiger partial charge is 0.306 e. The molecule has 0 aliphatic carbocycles. The van der Waals surface area contributed by atoms with E-state index in [2.05, 4.69) is 130 Å². The lowest BCUT2D eigenvalue weighted by Gasteiger charge is -2.18. The van der Waals surface area contributed by atoms with E-state index in [1.807, 2.05) is 0 Å². The van der Waals surface area contributed by atoms with Crippen LogP contribution in [0.1, 0.15) is 316 Å². The lowest BCUT2D eigenvalue weighted by molar-refractivity contribution is -0.167. The minimum absolute atomic E-state index is 0.0846. The minimum atomic E-state index is -0.790. The fourth-order valence-corrected chi connectivity index (χ4v) is 9.32. The largest absolute Gasteiger partial charge is 0.462 e. The van der Waals surface area contributed by atoms with Gasteiger partial charge in [0.25, 0.3) is 0 Å². The molecule has 0 aromatic rings. The monoisotopic (exact) mass is 1100 g/mol. The molecule has 0 saturated carbocycles. The summed E-state index contributed by atoms with van der Waals surface area (Å²) in [5, 5.41) is 0. The third-order valence-electron chi connectivity index (χ3n) is 14.3. The van der Waals surface area contributed by atoms with Crippen LogP contribution in [0.25, 0.3) is 0 Å². The highest BCUT2D eigenvalue weighted by Gasteiger charge is 2.19. The van der Waals surface area contributed by atoms with E-state index in [-0.39, 0.29) is 31.1 Å². The fourth-order valence-electron chi connectivity index (χ4n) is 9.32. The quantitative estimate of drug-likeness (QED) is 0.0261. The molecule has 0 aromatic carbocycles. The first kappa shape index (κ1) is 75.1. The van der Waals surface area contributed by atoms with E-state index in [4.69, 9.17) is 14.2 Å². The van der Waals surface area contributed by atoms with E-state index in [1.165, 1.54) is 154 Å². The Morgan fingerprint density at radius 1 is 0.266 bits per heavy atom. The highest BCUT2D eigenvalue weighted by atomic mass is 16.6. The van der Waals surface area contributed by atoms with Gasteiger partial charge in [-0.25, -0.2) is 0 Å². The molecule has 0 heterocycles. The van der Waals surface area contributed by atoms with Crippen LogP contribution < -0.4 is 0 Å². The summed E-state index contributed by atoms with van der Waals surface area (Å²) in [4.78, 5) is 38.3. The third kappa shape index (κ3) is 64.8. The zero-order chi connectivity index (χ0) is 57.1. The predicted molar refractivity (Wildman–Crippen MR) is 343 cm³/mol. The molecule has 0 fully saturated rings. The fraction of sp³-hybridized carbons (Fsp3) is 0.712. The Balaban J connectivity index is 4.36. The second kappa shape index (κ2) is 66.6. The van der Waals surface area contributed by atoms with Crippen molar-refractivity contribution in [2.45, 2.75) is 322 Å². The number of carbonyl (C=O) groups is 3. The number of ether oxygens (including phenoxy) is 3. The number of carbonyl (C=O) groups excluding carboxylic acids is 3. The second-order valence-electron chi connectivity index (χ2n) is 22.0. The number of hydrogen-bond acceptors (Lipinski definition) is 6. The van der Waals surface area contributed by atoms with Crippen LogP contribution in [0.3, 0.4) is 0 Å². The van der Waals surface area contributed by atoms with Crippen molar-refractivity contribution in [1.82, 2.24) is 0 Å². The average Bonchev–Trinajstić information content (AvgIpc) is 3.45. The Kier molecular flexibility index (Phi) is 63.3. The molecule has 0 aliphatic rings. The van der Waals surface area contributed by atoms with Gasteiger partial charge < -0.3 is 14.2 Å². The zero-order valence-corrected chi connectivity index (χ0v) is 51.9. The topological polar surface area (TPSA) is 78.9 Å². The van der Waals surface area contributed by atoms with Gasteiger partial charge in [0.05, 0.1) is 0 Å². The van der Waals surface area contributed by atoms with Crippen molar-refractivity contribution in [1.29, 1.82) is 0 Å². The first-order valence-electron chi connectivity index (χ1n) is 33.4. The van der Waals surface area contributed by atoms with Gasteiger partial charge in [-0.1, -0.05) is 316 Å². The maximum absolute atomic E-state index is 12.9. The van der Waals surface area contributed by atoms with Gasteiger partial charge in [-0.15, -0.1) is 0 Å². The highest BCUT2D eigenvalue weighted by molar-refractivity contribution is 5.71. The predicted octanol–water partition coefficient (Wildman–Crippen LogP) is 23.0. The average molecular weight is 1100 g/mol. The lowest BCUT2D eigenvalue weighted by Crippen LogP contribution is -2.30. The van der Waals surface area contributed by atoms with E-state index >= 15 is 0 Å². The molecule has 0 radical (unpaired) electrons. The van der Waals surface area contributed by atoms with Crippen LogP contribution in [0, 0.1) is 0 Å². The zero-order valence-electron chi connectivity index (χ0n) is 51.9. The van der Waals surface area contributed by atoms with Crippen LogP contribution in [-0.4, -0.2) is 37.2 Å². The third-order valence-corrected chi connectivity index (χ3v) is 14.3. The van der Waals surface area contributed by atoms with Crippen LogP contribution in [-0.2, 0) is 28.6 Å². The summed E-state index contributed by atoms with van der Waals surface area (Å²) in [5.74, 6) is -0.906. The van der Waals surface area contributed by atoms with Crippen LogP contribution in [0.4, 0.5) is 0 Å². The molecular weight excluding hydrogens is 973 g/mol. The Morgan fingerprint density at radius 2 is 0.494 bits per heavy atom. The molecule has 0 aromatic heterocycles. The summed E-state index contributed by atoms with van der Waals surface area (Å²) < 4.78 is 16.9. The highest BCUT2D eigenvalue weighted by Crippen LogP contribution is 2.17. The maximum Gasteiger partial charge on any atom is 0.306 e. The van der Waals surface area contributed by atoms with Gasteiger partial charge in [0.15, 0.2) is 6.10 Å². The van der Waals surface area contributed by atoms with Crippen LogP contribution in [0.5, 0.6) is 0 Å². The summed E-state index contributed by atoms with van der Waals surface area (Å²) in [5.41, 5.74) is 0. The molecule has 0 saturated heterocycles. The molecule has 0 aliphatic heterocycles. The van der Waals surface area contributed by atoms with Crippen LogP contribution >= 0.6 is 0 Å². The Labute approximate surface area is 489 Å². The van der Waals surface area contributed by atoms with Crippen molar-refractivity contribution in [3.63, 3.8) is 0 Å². The standard InChI is InChI=1S/C73H124O6/c1-4-7-10-13-16-19-22-25-28-29-30-31-32-33-34-35-36-37-38-39-40-41-42-43-46-48-51-54-57-60-63-66-72(75)78-69-70(79-73(76)67-64-61-58-55-52-49-45-27-24-21-18-15-12-9-6-3)68-77-71(74)65-62-59-56-53-50-47-44-26-23-20-17-14-11-8-5-2/h7,10,16,19,25,28,30-31,33-34,36-37,39-40,42-43,48,51,70H,4-6,8-9,11-15,17-18,20-24,26-27,29,32,35,38,41,44-47,49-50,52-69H2,1-3H3/b10-7-,19-16-,28-25-,31-30-,34-33-,37-36-,40-39-,43-42-,51-48-. The van der Waals surface area contributed by atoms with Crippen LogP contribution in [0.2, 0.25) is 0 Å². The molecule has 1 atom stereocenters. The Morgan fingerprint density at radius 3 is 0.772 bits per heavy atom. The summed E-state index contributed by atoms with van der Waals surface area (Å²) in [6.45, 7) is 6.53. The second-order valence-corrected chi connectivity index (χ2v) is 22.0. The molecule has 0 spiro atoms. The molecule has 0 N–H and O–H groups in total. The Hall–Kier alpha value is -3.93. The van der Waals surface area contributed by atoms with Crippen molar-refractivity contribution in [2.24, 2.45) is 0 Å². The van der Waals surface area contributed by atoms with Gasteiger partial charge in [0, 0.05) is 19.3 Å². The number of hydrogen-bond donors (Lipinski definition) is 0. The molecule has 1 unspecified atom stereocenters. The van der Waals surface area contributed by atoms with Crippen LogP contribution in [0.15, 0.2) is 109 Å². The van der Waals surface area contributed by atoms with E-state index in [9.17, 15) is 14.4 Å². The molecule has 6 nitrogen and oxygen atoms in total. The maximum atomic E-state index is 12.9. The number of allylic oxidation sites excluding steroid dienone is 18. The summed E-state index contributed by atoms with van der Waals surface area (Å²) in [7, 11) is 0. The van der Waals surface area contributed by atoms with Crippen molar-refractivity contribution >= 4 is 17.9 Å². The van der Waals surface area contributed by atoms with Gasteiger partial charge in [-0.3, -0.25) is 14.4 Å². The van der Waals surface area contributed by atoms with E-state index in [1.54, 1.807) is 0 Å². The van der Waals surface area contributed by atoms with E-state index in [0.29, 0.717) is 19.3 Å². The summed E-state index contributed by atoms with van der Waals surface area (Å²) >= 11 is 0. The molecule has 6 heteroatoms. The molecule has 452 valence electrons. The minimum Gasteiger partial charge on any atom is -0.462 e. The Bertz CT molecular complexity index is 1590. The lowest BCUT2D eigenvalue weighted by atomic mass is 10.0.